The standard InChI is InChI=1S/C17H21NO3/c19-16(10-12-6-2-1-3-7-12)18-14-9-5-4-8-13(14)11-15(18)17(20)21/h1-3,6-7,13-15H,4-5,8-11H2,(H,20,21). The minimum absolute atomic E-state index is 0.0389. The quantitative estimate of drug-likeness (QED) is 0.929. The fourth-order valence-corrected chi connectivity index (χ4v) is 3.90. The molecule has 3 rings (SSSR count). The Morgan fingerprint density at radius 1 is 1.14 bits per heavy atom. The van der Waals surface area contributed by atoms with E-state index in [9.17, 15) is 14.7 Å². The molecule has 3 unspecified atom stereocenters. The van der Waals surface area contributed by atoms with E-state index >= 15 is 0 Å². The van der Waals surface area contributed by atoms with Crippen LogP contribution in [0.5, 0.6) is 0 Å². The molecule has 2 aliphatic rings. The van der Waals surface area contributed by atoms with Crippen LogP contribution in [0.1, 0.15) is 37.7 Å². The molecular formula is C17H21NO3. The molecule has 112 valence electrons. The summed E-state index contributed by atoms with van der Waals surface area (Å²) in [5, 5.41) is 9.45. The number of benzene rings is 1. The van der Waals surface area contributed by atoms with Gasteiger partial charge in [-0.05, 0) is 30.7 Å². The van der Waals surface area contributed by atoms with Crippen molar-refractivity contribution in [3.63, 3.8) is 0 Å². The number of fused-ring (bicyclic) bond motifs is 1. The fraction of sp³-hybridized carbons (Fsp3) is 0.529. The average Bonchev–Trinajstić information content (AvgIpc) is 2.88. The van der Waals surface area contributed by atoms with E-state index in [4.69, 9.17) is 0 Å². The van der Waals surface area contributed by atoms with Crippen molar-refractivity contribution in [2.24, 2.45) is 5.92 Å². The monoisotopic (exact) mass is 287 g/mol. The third kappa shape index (κ3) is 2.80. The van der Waals surface area contributed by atoms with Crippen LogP contribution in [-0.2, 0) is 16.0 Å². The predicted molar refractivity (Wildman–Crippen MR) is 78.8 cm³/mol. The molecule has 1 amide bonds. The van der Waals surface area contributed by atoms with Crippen LogP contribution in [0, 0.1) is 5.92 Å². The van der Waals surface area contributed by atoms with Crippen LogP contribution in [0.2, 0.25) is 0 Å². The molecule has 0 spiro atoms. The van der Waals surface area contributed by atoms with Crippen LogP contribution in [0.4, 0.5) is 0 Å². The maximum Gasteiger partial charge on any atom is 0.326 e. The van der Waals surface area contributed by atoms with Gasteiger partial charge in [-0.1, -0.05) is 43.2 Å². The Hall–Kier alpha value is -1.84. The third-order valence-corrected chi connectivity index (χ3v) is 4.86. The highest BCUT2D eigenvalue weighted by atomic mass is 16.4. The molecule has 0 aromatic heterocycles. The molecule has 1 aromatic carbocycles. The van der Waals surface area contributed by atoms with Gasteiger partial charge in [0.2, 0.25) is 5.91 Å². The number of carboxylic acids is 1. The van der Waals surface area contributed by atoms with Gasteiger partial charge in [0.1, 0.15) is 6.04 Å². The number of carbonyl (C=O) groups is 2. The van der Waals surface area contributed by atoms with Gasteiger partial charge < -0.3 is 10.0 Å². The van der Waals surface area contributed by atoms with Gasteiger partial charge in [-0.3, -0.25) is 4.79 Å². The van der Waals surface area contributed by atoms with Gasteiger partial charge in [0.15, 0.2) is 0 Å². The van der Waals surface area contributed by atoms with Crippen molar-refractivity contribution in [3.8, 4) is 0 Å². The molecule has 1 aliphatic heterocycles. The number of likely N-dealkylation sites (tertiary alicyclic amines) is 1. The van der Waals surface area contributed by atoms with E-state index in [0.717, 1.165) is 31.2 Å². The summed E-state index contributed by atoms with van der Waals surface area (Å²) >= 11 is 0. The number of carboxylic acid groups (broad SMARTS) is 1. The van der Waals surface area contributed by atoms with E-state index in [1.54, 1.807) is 4.90 Å². The highest BCUT2D eigenvalue weighted by Crippen LogP contribution is 2.40. The molecule has 4 heteroatoms. The van der Waals surface area contributed by atoms with Crippen molar-refractivity contribution >= 4 is 11.9 Å². The summed E-state index contributed by atoms with van der Waals surface area (Å²) in [5.74, 6) is -0.520. The highest BCUT2D eigenvalue weighted by Gasteiger charge is 2.47. The van der Waals surface area contributed by atoms with Crippen LogP contribution in [0.15, 0.2) is 30.3 Å². The lowest BCUT2D eigenvalue weighted by molar-refractivity contribution is -0.149. The second kappa shape index (κ2) is 5.88. The third-order valence-electron chi connectivity index (χ3n) is 4.86. The molecule has 1 saturated carbocycles. The minimum Gasteiger partial charge on any atom is -0.480 e. The Bertz CT molecular complexity index is 528. The van der Waals surface area contributed by atoms with Crippen molar-refractivity contribution in [2.45, 2.75) is 50.6 Å². The van der Waals surface area contributed by atoms with Gasteiger partial charge in [0, 0.05) is 6.04 Å². The molecule has 1 saturated heterocycles. The molecule has 1 aromatic rings. The summed E-state index contributed by atoms with van der Waals surface area (Å²) in [6.45, 7) is 0. The molecule has 0 radical (unpaired) electrons. The van der Waals surface area contributed by atoms with Gasteiger partial charge in [-0.15, -0.1) is 0 Å². The van der Waals surface area contributed by atoms with E-state index in [2.05, 4.69) is 0 Å². The number of rotatable bonds is 3. The van der Waals surface area contributed by atoms with Crippen molar-refractivity contribution in [3.05, 3.63) is 35.9 Å². The first kappa shape index (κ1) is 14.1. The number of aliphatic carboxylic acids is 1. The van der Waals surface area contributed by atoms with E-state index in [1.807, 2.05) is 30.3 Å². The second-order valence-electron chi connectivity index (χ2n) is 6.17. The Balaban J connectivity index is 1.79. The number of nitrogens with zero attached hydrogens (tertiary/aromatic N) is 1. The van der Waals surface area contributed by atoms with Crippen molar-refractivity contribution in [2.75, 3.05) is 0 Å². The van der Waals surface area contributed by atoms with Crippen molar-refractivity contribution in [1.29, 1.82) is 0 Å². The first-order chi connectivity index (χ1) is 10.2. The van der Waals surface area contributed by atoms with Crippen LogP contribution in [0.25, 0.3) is 0 Å². The zero-order valence-corrected chi connectivity index (χ0v) is 12.1. The average molecular weight is 287 g/mol. The topological polar surface area (TPSA) is 57.6 Å². The van der Waals surface area contributed by atoms with Crippen molar-refractivity contribution in [1.82, 2.24) is 4.90 Å². The number of hydrogen-bond donors (Lipinski definition) is 1. The summed E-state index contributed by atoms with van der Waals surface area (Å²) in [6.07, 6.45) is 5.20. The Labute approximate surface area is 124 Å². The lowest BCUT2D eigenvalue weighted by Crippen LogP contribution is -2.46. The first-order valence-corrected chi connectivity index (χ1v) is 7.74. The van der Waals surface area contributed by atoms with Gasteiger partial charge >= 0.3 is 5.97 Å². The van der Waals surface area contributed by atoms with Crippen LogP contribution in [-0.4, -0.2) is 34.0 Å². The number of hydrogen-bond acceptors (Lipinski definition) is 2. The smallest absolute Gasteiger partial charge is 0.326 e. The van der Waals surface area contributed by atoms with Gasteiger partial charge in [-0.2, -0.15) is 0 Å². The second-order valence-corrected chi connectivity index (χ2v) is 6.17. The molecule has 1 N–H and O–H groups in total. The van der Waals surface area contributed by atoms with E-state index < -0.39 is 12.0 Å². The molecule has 3 atom stereocenters. The lowest BCUT2D eigenvalue weighted by Gasteiger charge is -2.33. The normalized spacial score (nSPS) is 28.2. The maximum absolute atomic E-state index is 12.6. The van der Waals surface area contributed by atoms with Gasteiger partial charge in [0.25, 0.3) is 0 Å². The largest absolute Gasteiger partial charge is 0.480 e. The van der Waals surface area contributed by atoms with E-state index in [1.165, 1.54) is 0 Å². The summed E-state index contributed by atoms with van der Waals surface area (Å²) in [4.78, 5) is 25.8. The van der Waals surface area contributed by atoms with Crippen molar-refractivity contribution < 1.29 is 14.7 Å². The number of amides is 1. The summed E-state index contributed by atoms with van der Waals surface area (Å²) in [6, 6.07) is 9.08. The van der Waals surface area contributed by atoms with E-state index in [-0.39, 0.29) is 11.9 Å². The Morgan fingerprint density at radius 2 is 1.86 bits per heavy atom. The minimum atomic E-state index is -0.856. The zero-order valence-electron chi connectivity index (χ0n) is 12.1. The van der Waals surface area contributed by atoms with Gasteiger partial charge in [-0.25, -0.2) is 4.79 Å². The molecule has 2 fully saturated rings. The molecule has 1 aliphatic carbocycles. The molecular weight excluding hydrogens is 266 g/mol. The van der Waals surface area contributed by atoms with Crippen LogP contribution < -0.4 is 0 Å². The Kier molecular flexibility index (Phi) is 3.95. The van der Waals surface area contributed by atoms with Crippen LogP contribution in [0.3, 0.4) is 0 Å². The summed E-state index contributed by atoms with van der Waals surface area (Å²) in [5.41, 5.74) is 0.950. The highest BCUT2D eigenvalue weighted by molar-refractivity contribution is 5.86. The lowest BCUT2D eigenvalue weighted by atomic mass is 9.84. The SMILES string of the molecule is O=C(O)C1CC2CCCCC2N1C(=O)Cc1ccccc1. The van der Waals surface area contributed by atoms with Gasteiger partial charge in [0.05, 0.1) is 6.42 Å². The molecule has 1 heterocycles. The van der Waals surface area contributed by atoms with E-state index in [0.29, 0.717) is 18.8 Å². The number of carbonyl (C=O) groups excluding carboxylic acids is 1. The van der Waals surface area contributed by atoms with Crippen LogP contribution >= 0.6 is 0 Å². The molecule has 4 nitrogen and oxygen atoms in total. The summed E-state index contributed by atoms with van der Waals surface area (Å²) < 4.78 is 0. The molecule has 0 bridgehead atoms. The Morgan fingerprint density at radius 3 is 2.57 bits per heavy atom. The first-order valence-electron chi connectivity index (χ1n) is 7.74. The zero-order chi connectivity index (χ0) is 14.8. The summed E-state index contributed by atoms with van der Waals surface area (Å²) in [7, 11) is 0. The fourth-order valence-electron chi connectivity index (χ4n) is 3.90. The molecule has 21 heavy (non-hydrogen) atoms. The maximum atomic E-state index is 12.6. The predicted octanol–water partition coefficient (Wildman–Crippen LogP) is 2.47.